The Morgan fingerprint density at radius 3 is 2.50 bits per heavy atom. The molecule has 1 amide bonds. The summed E-state index contributed by atoms with van der Waals surface area (Å²) >= 11 is 0. The first kappa shape index (κ1) is 18.2. The maximum atomic E-state index is 13.6. The largest absolute Gasteiger partial charge is 0.366 e. The Bertz CT molecular complexity index is 949. The van der Waals surface area contributed by atoms with Gasteiger partial charge in [0.05, 0.1) is 22.8 Å². The Morgan fingerprint density at radius 2 is 1.88 bits per heavy atom. The van der Waals surface area contributed by atoms with E-state index in [1.54, 1.807) is 0 Å². The summed E-state index contributed by atoms with van der Waals surface area (Å²) in [5.41, 5.74) is -0.425. The van der Waals surface area contributed by atoms with Gasteiger partial charge in [-0.25, -0.2) is 26.6 Å². The highest BCUT2D eigenvalue weighted by Gasteiger charge is 2.27. The first-order valence-electron chi connectivity index (χ1n) is 7.63. The van der Waals surface area contributed by atoms with Gasteiger partial charge in [-0.3, -0.25) is 4.79 Å². The van der Waals surface area contributed by atoms with E-state index in [1.807, 2.05) is 0 Å². The fourth-order valence-electron chi connectivity index (χ4n) is 2.55. The minimum absolute atomic E-state index is 0.0202. The van der Waals surface area contributed by atoms with Crippen molar-refractivity contribution in [2.75, 3.05) is 22.1 Å². The summed E-state index contributed by atoms with van der Waals surface area (Å²) in [7, 11) is -3.03. The second-order valence-electron chi connectivity index (χ2n) is 5.85. The number of pyridine rings is 1. The van der Waals surface area contributed by atoms with Crippen LogP contribution in [0.15, 0.2) is 30.5 Å². The van der Waals surface area contributed by atoms with Gasteiger partial charge in [-0.2, -0.15) is 0 Å². The number of amides is 1. The molecule has 0 bridgehead atoms. The third kappa shape index (κ3) is 3.96. The lowest BCUT2D eigenvalue weighted by Crippen LogP contribution is -2.21. The van der Waals surface area contributed by atoms with Gasteiger partial charge in [0.15, 0.2) is 27.3 Å². The average molecular weight is 385 g/mol. The molecular formula is C16H14F3N3O3S. The number of hydrogen-bond donors (Lipinski definition) is 2. The van der Waals surface area contributed by atoms with Gasteiger partial charge < -0.3 is 10.6 Å². The number of aromatic nitrogens is 1. The van der Waals surface area contributed by atoms with Gasteiger partial charge in [-0.05, 0) is 30.7 Å². The molecule has 26 heavy (non-hydrogen) atoms. The lowest BCUT2D eigenvalue weighted by Gasteiger charge is -2.12. The molecular weight excluding hydrogens is 371 g/mol. The normalized spacial score (nSPS) is 18.5. The standard InChI is InChI=1S/C16H14F3N3O3S/c17-11-2-3-12(15(19)14(11)18)22-16(23)9-1-4-13(20-7-9)21-10-5-6-26(24,25)8-10/h1-4,7,10H,5-6,8H2,(H,20,21)(H,22,23). The van der Waals surface area contributed by atoms with Crippen LogP contribution in [0, 0.1) is 17.5 Å². The zero-order valence-corrected chi connectivity index (χ0v) is 14.1. The second kappa shape index (κ2) is 6.94. The summed E-state index contributed by atoms with van der Waals surface area (Å²) in [5, 5.41) is 5.10. The van der Waals surface area contributed by atoms with Crippen molar-refractivity contribution < 1.29 is 26.4 Å². The van der Waals surface area contributed by atoms with Crippen LogP contribution in [-0.2, 0) is 9.84 Å². The van der Waals surface area contributed by atoms with Crippen LogP contribution >= 0.6 is 0 Å². The number of nitrogens with zero attached hydrogens (tertiary/aromatic N) is 1. The first-order valence-corrected chi connectivity index (χ1v) is 9.45. The minimum atomic E-state index is -3.03. The molecule has 0 saturated carbocycles. The molecule has 0 aliphatic carbocycles. The molecule has 2 aromatic rings. The number of hydrogen-bond acceptors (Lipinski definition) is 5. The highest BCUT2D eigenvalue weighted by atomic mass is 32.2. The van der Waals surface area contributed by atoms with Crippen LogP contribution in [0.4, 0.5) is 24.7 Å². The molecule has 1 aliphatic heterocycles. The van der Waals surface area contributed by atoms with Gasteiger partial charge in [-0.1, -0.05) is 0 Å². The van der Waals surface area contributed by atoms with E-state index < -0.39 is 38.9 Å². The Balaban J connectivity index is 1.67. The zero-order valence-electron chi connectivity index (χ0n) is 13.3. The number of carbonyl (C=O) groups is 1. The third-order valence-corrected chi connectivity index (χ3v) is 5.66. The average Bonchev–Trinajstić information content (AvgIpc) is 2.94. The fraction of sp³-hybridized carbons (Fsp3) is 0.250. The van der Waals surface area contributed by atoms with Crippen LogP contribution in [0.2, 0.25) is 0 Å². The lowest BCUT2D eigenvalue weighted by molar-refractivity contribution is 0.102. The second-order valence-corrected chi connectivity index (χ2v) is 8.08. The zero-order chi connectivity index (χ0) is 18.9. The van der Waals surface area contributed by atoms with Gasteiger partial charge >= 0.3 is 0 Å². The Morgan fingerprint density at radius 1 is 1.12 bits per heavy atom. The van der Waals surface area contributed by atoms with Crippen molar-refractivity contribution in [2.45, 2.75) is 12.5 Å². The maximum absolute atomic E-state index is 13.6. The molecule has 0 spiro atoms. The maximum Gasteiger partial charge on any atom is 0.257 e. The van der Waals surface area contributed by atoms with Crippen molar-refractivity contribution in [3.05, 3.63) is 53.5 Å². The molecule has 1 atom stereocenters. The number of rotatable bonds is 4. The van der Waals surface area contributed by atoms with Crippen molar-refractivity contribution in [1.29, 1.82) is 0 Å². The van der Waals surface area contributed by atoms with E-state index >= 15 is 0 Å². The lowest BCUT2D eigenvalue weighted by atomic mass is 10.2. The van der Waals surface area contributed by atoms with E-state index in [9.17, 15) is 26.4 Å². The van der Waals surface area contributed by atoms with Crippen molar-refractivity contribution in [3.63, 3.8) is 0 Å². The van der Waals surface area contributed by atoms with Crippen LogP contribution < -0.4 is 10.6 Å². The van der Waals surface area contributed by atoms with E-state index in [1.165, 1.54) is 18.3 Å². The predicted octanol–water partition coefficient (Wildman–Crippen LogP) is 2.35. The first-order chi connectivity index (χ1) is 12.2. The number of nitrogens with one attached hydrogen (secondary N) is 2. The molecule has 1 fully saturated rings. The molecule has 0 radical (unpaired) electrons. The Hall–Kier alpha value is -2.62. The summed E-state index contributed by atoms with van der Waals surface area (Å²) in [6.45, 7) is 0. The third-order valence-electron chi connectivity index (χ3n) is 3.89. The van der Waals surface area contributed by atoms with E-state index in [0.29, 0.717) is 18.3 Å². The summed E-state index contributed by atoms with van der Waals surface area (Å²) in [6, 6.07) is 4.24. The summed E-state index contributed by atoms with van der Waals surface area (Å²) in [4.78, 5) is 16.1. The van der Waals surface area contributed by atoms with E-state index in [-0.39, 0.29) is 23.1 Å². The fourth-order valence-corrected chi connectivity index (χ4v) is 4.22. The monoisotopic (exact) mass is 385 g/mol. The van der Waals surface area contributed by atoms with Crippen LogP contribution in [0.1, 0.15) is 16.8 Å². The van der Waals surface area contributed by atoms with Gasteiger partial charge in [0.2, 0.25) is 0 Å². The van der Waals surface area contributed by atoms with E-state index in [2.05, 4.69) is 15.6 Å². The van der Waals surface area contributed by atoms with Crippen LogP contribution in [-0.4, -0.2) is 36.9 Å². The molecule has 1 saturated heterocycles. The molecule has 2 N–H and O–H groups in total. The number of carbonyl (C=O) groups excluding carboxylic acids is 1. The molecule has 10 heteroatoms. The van der Waals surface area contributed by atoms with Crippen molar-refractivity contribution >= 4 is 27.2 Å². The van der Waals surface area contributed by atoms with Crippen LogP contribution in [0.3, 0.4) is 0 Å². The van der Waals surface area contributed by atoms with Gasteiger partial charge in [-0.15, -0.1) is 0 Å². The molecule has 1 aromatic carbocycles. The highest BCUT2D eigenvalue weighted by Crippen LogP contribution is 2.21. The Kier molecular flexibility index (Phi) is 4.86. The summed E-state index contributed by atoms with van der Waals surface area (Å²) in [5.74, 6) is -4.75. The SMILES string of the molecule is O=C(Nc1ccc(F)c(F)c1F)c1ccc(NC2CCS(=O)(=O)C2)nc1. The smallest absolute Gasteiger partial charge is 0.257 e. The topological polar surface area (TPSA) is 88.2 Å². The highest BCUT2D eigenvalue weighted by molar-refractivity contribution is 7.91. The van der Waals surface area contributed by atoms with Crippen molar-refractivity contribution in [3.8, 4) is 0 Å². The van der Waals surface area contributed by atoms with E-state index in [0.717, 1.165) is 6.07 Å². The quantitative estimate of drug-likeness (QED) is 0.789. The molecule has 1 aliphatic rings. The van der Waals surface area contributed by atoms with Gasteiger partial charge in [0, 0.05) is 12.2 Å². The number of benzene rings is 1. The Labute approximate surface area is 147 Å². The number of halogens is 3. The number of sulfone groups is 1. The summed E-state index contributed by atoms with van der Waals surface area (Å²) in [6.07, 6.45) is 1.68. The molecule has 2 heterocycles. The minimum Gasteiger partial charge on any atom is -0.366 e. The summed E-state index contributed by atoms with van der Waals surface area (Å²) < 4.78 is 62.5. The van der Waals surface area contributed by atoms with E-state index in [4.69, 9.17) is 0 Å². The molecule has 6 nitrogen and oxygen atoms in total. The van der Waals surface area contributed by atoms with Gasteiger partial charge in [0.25, 0.3) is 5.91 Å². The van der Waals surface area contributed by atoms with Crippen molar-refractivity contribution in [2.24, 2.45) is 0 Å². The molecule has 3 rings (SSSR count). The van der Waals surface area contributed by atoms with Crippen LogP contribution in [0.5, 0.6) is 0 Å². The molecule has 138 valence electrons. The number of anilines is 2. The predicted molar refractivity (Wildman–Crippen MR) is 89.2 cm³/mol. The molecule has 1 aromatic heterocycles. The molecule has 1 unspecified atom stereocenters. The van der Waals surface area contributed by atoms with Gasteiger partial charge in [0.1, 0.15) is 5.82 Å². The van der Waals surface area contributed by atoms with Crippen LogP contribution in [0.25, 0.3) is 0 Å². The van der Waals surface area contributed by atoms with Crippen molar-refractivity contribution in [1.82, 2.24) is 4.98 Å².